The molecular formula is C13H17NO4. The van der Waals surface area contributed by atoms with Gasteiger partial charge in [-0.25, -0.2) is 4.79 Å². The second-order valence-electron chi connectivity index (χ2n) is 3.70. The van der Waals surface area contributed by atoms with Crippen LogP contribution in [-0.4, -0.2) is 25.1 Å². The van der Waals surface area contributed by atoms with E-state index in [-0.39, 0.29) is 12.5 Å². The number of carbonyl (C=O) groups excluding carboxylic acids is 2. The van der Waals surface area contributed by atoms with Gasteiger partial charge in [0.05, 0.1) is 6.61 Å². The minimum Gasteiger partial charge on any atom is -0.482 e. The maximum atomic E-state index is 11.1. The first-order valence-electron chi connectivity index (χ1n) is 5.77. The van der Waals surface area contributed by atoms with E-state index in [0.29, 0.717) is 25.2 Å². The van der Waals surface area contributed by atoms with Gasteiger partial charge in [-0.15, -0.1) is 0 Å². The average Bonchev–Trinajstić information content (AvgIpc) is 2.35. The number of carbonyl (C=O) groups is 2. The third-order valence-electron chi connectivity index (χ3n) is 2.25. The second-order valence-corrected chi connectivity index (χ2v) is 3.70. The normalized spacial score (nSPS) is 9.83. The van der Waals surface area contributed by atoms with Crippen LogP contribution in [0.1, 0.15) is 18.9 Å². The summed E-state index contributed by atoms with van der Waals surface area (Å²) in [6.45, 7) is 1.98. The molecule has 5 nitrogen and oxygen atoms in total. The summed E-state index contributed by atoms with van der Waals surface area (Å²) in [7, 11) is 0. The van der Waals surface area contributed by atoms with Gasteiger partial charge in [0.15, 0.2) is 6.61 Å². The van der Waals surface area contributed by atoms with Gasteiger partial charge < -0.3 is 15.2 Å². The molecular weight excluding hydrogens is 234 g/mol. The molecule has 0 aliphatic carbocycles. The third kappa shape index (κ3) is 5.34. The van der Waals surface area contributed by atoms with Crippen LogP contribution < -0.4 is 10.5 Å². The van der Waals surface area contributed by atoms with E-state index >= 15 is 0 Å². The van der Waals surface area contributed by atoms with Crippen molar-refractivity contribution in [3.63, 3.8) is 0 Å². The first kappa shape index (κ1) is 14.0. The Bertz CT molecular complexity index is 400. The van der Waals surface area contributed by atoms with E-state index in [0.717, 1.165) is 5.56 Å². The molecule has 1 amide bonds. The Hall–Kier alpha value is -2.04. The molecule has 0 aromatic heterocycles. The number of primary amides is 1. The lowest BCUT2D eigenvalue weighted by molar-refractivity contribution is -0.145. The molecule has 0 saturated carbocycles. The van der Waals surface area contributed by atoms with Gasteiger partial charge in [-0.3, -0.25) is 4.79 Å². The number of rotatable bonds is 7. The van der Waals surface area contributed by atoms with E-state index in [1.807, 2.05) is 12.1 Å². The standard InChI is InChI=1S/C13H17NO4/c1-2-17-13(16)9-18-11-6-3-10(4-7-11)5-8-12(14)15/h3-4,6-7H,2,5,8-9H2,1H3,(H2,14,15). The van der Waals surface area contributed by atoms with E-state index in [1.54, 1.807) is 19.1 Å². The van der Waals surface area contributed by atoms with Crippen LogP contribution in [0.4, 0.5) is 0 Å². The molecule has 0 aliphatic rings. The summed E-state index contributed by atoms with van der Waals surface area (Å²) < 4.78 is 9.97. The number of amides is 1. The highest BCUT2D eigenvalue weighted by Gasteiger charge is 2.03. The maximum Gasteiger partial charge on any atom is 0.344 e. The molecule has 1 aromatic carbocycles. The summed E-state index contributed by atoms with van der Waals surface area (Å²) in [5.41, 5.74) is 6.06. The number of nitrogens with two attached hydrogens (primary N) is 1. The van der Waals surface area contributed by atoms with Crippen molar-refractivity contribution >= 4 is 11.9 Å². The zero-order valence-corrected chi connectivity index (χ0v) is 10.3. The highest BCUT2D eigenvalue weighted by Crippen LogP contribution is 2.13. The van der Waals surface area contributed by atoms with Gasteiger partial charge >= 0.3 is 5.97 Å². The lowest BCUT2D eigenvalue weighted by Gasteiger charge is -2.06. The molecule has 0 fully saturated rings. The van der Waals surface area contributed by atoms with Crippen LogP contribution in [0.2, 0.25) is 0 Å². The predicted molar refractivity (Wildman–Crippen MR) is 66.1 cm³/mol. The fraction of sp³-hybridized carbons (Fsp3) is 0.385. The number of hydrogen-bond acceptors (Lipinski definition) is 4. The Balaban J connectivity index is 2.40. The Labute approximate surface area is 106 Å². The van der Waals surface area contributed by atoms with Crippen molar-refractivity contribution in [3.05, 3.63) is 29.8 Å². The van der Waals surface area contributed by atoms with Crippen molar-refractivity contribution in [2.75, 3.05) is 13.2 Å². The first-order valence-corrected chi connectivity index (χ1v) is 5.77. The van der Waals surface area contributed by atoms with Crippen LogP contribution >= 0.6 is 0 Å². The van der Waals surface area contributed by atoms with Gasteiger partial charge in [0.2, 0.25) is 5.91 Å². The lowest BCUT2D eigenvalue weighted by atomic mass is 10.1. The predicted octanol–water partition coefficient (Wildman–Crippen LogP) is 1.05. The number of esters is 1. The van der Waals surface area contributed by atoms with Gasteiger partial charge in [0.25, 0.3) is 0 Å². The highest BCUT2D eigenvalue weighted by atomic mass is 16.6. The van der Waals surface area contributed by atoms with Gasteiger partial charge in [0, 0.05) is 6.42 Å². The number of hydrogen-bond donors (Lipinski definition) is 1. The zero-order chi connectivity index (χ0) is 13.4. The van der Waals surface area contributed by atoms with Crippen LogP contribution in [0.15, 0.2) is 24.3 Å². The topological polar surface area (TPSA) is 78.6 Å². The number of benzene rings is 1. The summed E-state index contributed by atoms with van der Waals surface area (Å²) in [6, 6.07) is 7.16. The Morgan fingerprint density at radius 3 is 2.44 bits per heavy atom. The smallest absolute Gasteiger partial charge is 0.344 e. The van der Waals surface area contributed by atoms with Gasteiger partial charge in [-0.1, -0.05) is 12.1 Å². The zero-order valence-electron chi connectivity index (χ0n) is 10.3. The van der Waals surface area contributed by atoms with Gasteiger partial charge in [-0.05, 0) is 31.0 Å². The Kier molecular flexibility index (Phi) is 5.70. The van der Waals surface area contributed by atoms with E-state index in [9.17, 15) is 9.59 Å². The summed E-state index contributed by atoms with van der Waals surface area (Å²) in [5.74, 6) is -0.126. The van der Waals surface area contributed by atoms with Crippen molar-refractivity contribution in [3.8, 4) is 5.75 Å². The Morgan fingerprint density at radius 1 is 1.22 bits per heavy atom. The number of ether oxygens (including phenoxy) is 2. The molecule has 0 heterocycles. The summed E-state index contributed by atoms with van der Waals surface area (Å²) in [4.78, 5) is 21.7. The maximum absolute atomic E-state index is 11.1. The third-order valence-corrected chi connectivity index (χ3v) is 2.25. The molecule has 0 unspecified atom stereocenters. The highest BCUT2D eigenvalue weighted by molar-refractivity contribution is 5.74. The second kappa shape index (κ2) is 7.32. The summed E-state index contributed by atoms with van der Waals surface area (Å²) in [6.07, 6.45) is 0.927. The molecule has 5 heteroatoms. The van der Waals surface area contributed by atoms with Crippen LogP contribution in [-0.2, 0) is 20.7 Å². The summed E-state index contributed by atoms with van der Waals surface area (Å²) in [5, 5.41) is 0. The van der Waals surface area contributed by atoms with E-state index in [4.69, 9.17) is 15.2 Å². The minimum absolute atomic E-state index is 0.103. The van der Waals surface area contributed by atoms with E-state index < -0.39 is 5.97 Å². The fourth-order valence-corrected chi connectivity index (χ4v) is 1.36. The van der Waals surface area contributed by atoms with Gasteiger partial charge in [0.1, 0.15) is 5.75 Å². The molecule has 98 valence electrons. The molecule has 0 radical (unpaired) electrons. The van der Waals surface area contributed by atoms with Crippen LogP contribution in [0, 0.1) is 0 Å². The van der Waals surface area contributed by atoms with Crippen molar-refractivity contribution < 1.29 is 19.1 Å². The molecule has 2 N–H and O–H groups in total. The lowest BCUT2D eigenvalue weighted by Crippen LogP contribution is -2.14. The fourth-order valence-electron chi connectivity index (χ4n) is 1.36. The molecule has 1 aromatic rings. The summed E-state index contributed by atoms with van der Waals surface area (Å²) >= 11 is 0. The molecule has 0 saturated heterocycles. The molecule has 0 atom stereocenters. The monoisotopic (exact) mass is 251 g/mol. The number of aryl methyl sites for hydroxylation is 1. The molecule has 0 aliphatic heterocycles. The molecule has 0 bridgehead atoms. The van der Waals surface area contributed by atoms with Crippen LogP contribution in [0.25, 0.3) is 0 Å². The largest absolute Gasteiger partial charge is 0.482 e. The average molecular weight is 251 g/mol. The van der Waals surface area contributed by atoms with E-state index in [2.05, 4.69) is 0 Å². The van der Waals surface area contributed by atoms with Crippen molar-refractivity contribution in [1.82, 2.24) is 0 Å². The molecule has 0 spiro atoms. The SMILES string of the molecule is CCOC(=O)COc1ccc(CCC(N)=O)cc1. The molecule has 1 rings (SSSR count). The quantitative estimate of drug-likeness (QED) is 0.734. The first-order chi connectivity index (χ1) is 8.61. The van der Waals surface area contributed by atoms with Gasteiger partial charge in [-0.2, -0.15) is 0 Å². The van der Waals surface area contributed by atoms with Crippen LogP contribution in [0.3, 0.4) is 0 Å². The minimum atomic E-state index is -0.393. The molecule has 18 heavy (non-hydrogen) atoms. The van der Waals surface area contributed by atoms with E-state index in [1.165, 1.54) is 0 Å². The van der Waals surface area contributed by atoms with Crippen molar-refractivity contribution in [1.29, 1.82) is 0 Å². The van der Waals surface area contributed by atoms with Crippen molar-refractivity contribution in [2.45, 2.75) is 19.8 Å². The Morgan fingerprint density at radius 2 is 1.89 bits per heavy atom. The van der Waals surface area contributed by atoms with Crippen molar-refractivity contribution in [2.24, 2.45) is 5.73 Å². The van der Waals surface area contributed by atoms with Crippen LogP contribution in [0.5, 0.6) is 5.75 Å².